The van der Waals surface area contributed by atoms with E-state index in [4.69, 9.17) is 0 Å². The highest BCUT2D eigenvalue weighted by atomic mass is 32.2. The molecule has 0 fully saturated rings. The molecule has 2 atom stereocenters. The lowest BCUT2D eigenvalue weighted by Gasteiger charge is -2.29. The maximum atomic E-state index is 13.6. The van der Waals surface area contributed by atoms with Gasteiger partial charge in [0, 0.05) is 53.1 Å². The number of hydrogen-bond donors (Lipinski definition) is 1. The van der Waals surface area contributed by atoms with Crippen LogP contribution in [0.25, 0.3) is 11.1 Å². The quantitative estimate of drug-likeness (QED) is 0.274. The minimum absolute atomic E-state index is 0.0376. The van der Waals surface area contributed by atoms with Crippen molar-refractivity contribution >= 4 is 27.0 Å². The molecule has 0 bridgehead atoms. The van der Waals surface area contributed by atoms with Crippen molar-refractivity contribution in [2.24, 2.45) is 7.05 Å². The van der Waals surface area contributed by atoms with Crippen LogP contribution in [-0.2, 0) is 34.0 Å². The van der Waals surface area contributed by atoms with Gasteiger partial charge in [-0.25, -0.2) is 12.8 Å². The number of pyridine rings is 1. The number of carbonyl (C=O) groups excluding carboxylic acids is 1. The van der Waals surface area contributed by atoms with Gasteiger partial charge in [-0.3, -0.25) is 9.59 Å². The maximum absolute atomic E-state index is 13.6. The Morgan fingerprint density at radius 3 is 2.28 bits per heavy atom. The average Bonchev–Trinajstić information content (AvgIpc) is 2.87. The Balaban J connectivity index is 2.29. The van der Waals surface area contributed by atoms with Crippen LogP contribution in [0.15, 0.2) is 59.5 Å². The molecule has 1 heterocycles. The van der Waals surface area contributed by atoms with E-state index in [0.717, 1.165) is 0 Å². The van der Waals surface area contributed by atoms with Crippen molar-refractivity contribution in [3.05, 3.63) is 93.2 Å². The lowest BCUT2D eigenvalue weighted by atomic mass is 9.89. The molecule has 210 valence electrons. The van der Waals surface area contributed by atoms with E-state index < -0.39 is 37.8 Å². The second kappa shape index (κ2) is 12.2. The molecule has 0 aliphatic rings. The standard InChI is InChI=1S/C29H35FN2O5S2/c1-7-26(31-38(35)29(3,4)5)24-16-27(33)32(6)17-25(24)23-15-19(18-39(36,37)8-2)9-14-22(23)28(34)20-10-12-21(30)13-11-20/h9-17,26,31H,7-8,18H2,1-6H3/t26-,38?/m0/s1. The van der Waals surface area contributed by atoms with Crippen LogP contribution in [0, 0.1) is 5.82 Å². The molecule has 7 nitrogen and oxygen atoms in total. The molecular weight excluding hydrogens is 539 g/mol. The van der Waals surface area contributed by atoms with Gasteiger partial charge in [0.15, 0.2) is 15.6 Å². The monoisotopic (exact) mass is 574 g/mol. The van der Waals surface area contributed by atoms with Gasteiger partial charge in [-0.15, -0.1) is 4.72 Å². The molecule has 39 heavy (non-hydrogen) atoms. The molecule has 0 spiro atoms. The Morgan fingerprint density at radius 1 is 1.08 bits per heavy atom. The van der Waals surface area contributed by atoms with Gasteiger partial charge in [-0.1, -0.05) is 26.0 Å². The summed E-state index contributed by atoms with van der Waals surface area (Å²) in [6, 6.07) is 11.0. The minimum atomic E-state index is -3.37. The Hall–Kier alpha value is -2.79. The normalized spacial score (nSPS) is 13.7. The van der Waals surface area contributed by atoms with E-state index in [1.807, 2.05) is 27.7 Å². The first-order chi connectivity index (χ1) is 18.2. The van der Waals surface area contributed by atoms with Gasteiger partial charge in [0.05, 0.1) is 11.8 Å². The molecule has 1 aromatic heterocycles. The summed E-state index contributed by atoms with van der Waals surface area (Å²) in [5.74, 6) is -1.11. The Bertz CT molecular complexity index is 1510. The molecule has 0 saturated carbocycles. The highest BCUT2D eigenvalue weighted by molar-refractivity contribution is 7.91. The number of rotatable bonds is 10. The molecule has 0 radical (unpaired) electrons. The molecule has 0 saturated heterocycles. The number of ketones is 1. The minimum Gasteiger partial charge on any atom is -0.598 e. The first-order valence-electron chi connectivity index (χ1n) is 12.7. The highest BCUT2D eigenvalue weighted by Crippen LogP contribution is 2.34. The van der Waals surface area contributed by atoms with Crippen molar-refractivity contribution in [2.45, 2.75) is 57.6 Å². The van der Waals surface area contributed by atoms with Crippen LogP contribution >= 0.6 is 0 Å². The van der Waals surface area contributed by atoms with E-state index >= 15 is 0 Å². The molecule has 1 N–H and O–H groups in total. The highest BCUT2D eigenvalue weighted by Gasteiger charge is 2.31. The summed E-state index contributed by atoms with van der Waals surface area (Å²) in [6.45, 7) is 8.98. The molecule has 1 unspecified atom stereocenters. The van der Waals surface area contributed by atoms with Crippen molar-refractivity contribution in [1.29, 1.82) is 0 Å². The SMILES string of the molecule is CC[C@H](N[S+]([O-])C(C)(C)C)c1cc(=O)n(C)cc1-c1cc(CS(=O)(=O)CC)ccc1C(=O)c1ccc(F)cc1. The van der Waals surface area contributed by atoms with Crippen molar-refractivity contribution in [3.8, 4) is 11.1 Å². The summed E-state index contributed by atoms with van der Waals surface area (Å²) in [6.07, 6.45) is 2.10. The van der Waals surface area contributed by atoms with Crippen LogP contribution in [0.3, 0.4) is 0 Å². The van der Waals surface area contributed by atoms with Crippen molar-refractivity contribution in [2.75, 3.05) is 5.75 Å². The van der Waals surface area contributed by atoms with Crippen LogP contribution in [0.5, 0.6) is 0 Å². The van der Waals surface area contributed by atoms with Crippen LogP contribution in [0.1, 0.15) is 74.1 Å². The summed E-state index contributed by atoms with van der Waals surface area (Å²) >= 11 is -1.45. The number of aryl methyl sites for hydroxylation is 1. The Labute approximate surface area is 232 Å². The average molecular weight is 575 g/mol. The number of nitrogens with one attached hydrogen (secondary N) is 1. The maximum Gasteiger partial charge on any atom is 0.250 e. The molecule has 10 heteroatoms. The first kappa shape index (κ1) is 30.7. The van der Waals surface area contributed by atoms with Crippen LogP contribution in [0.4, 0.5) is 4.39 Å². The zero-order valence-electron chi connectivity index (χ0n) is 23.1. The van der Waals surface area contributed by atoms with Crippen LogP contribution in [0.2, 0.25) is 0 Å². The second-order valence-corrected chi connectivity index (χ2v) is 14.8. The predicted molar refractivity (Wildman–Crippen MR) is 154 cm³/mol. The molecule has 3 aromatic rings. The van der Waals surface area contributed by atoms with Gasteiger partial charge in [0.2, 0.25) is 0 Å². The number of nitrogens with zero attached hydrogens (tertiary/aromatic N) is 1. The molecule has 3 rings (SSSR count). The molecule has 0 aliphatic carbocycles. The van der Waals surface area contributed by atoms with Gasteiger partial charge in [-0.2, -0.15) is 0 Å². The summed E-state index contributed by atoms with van der Waals surface area (Å²) < 4.78 is 55.4. The van der Waals surface area contributed by atoms with E-state index in [9.17, 15) is 27.0 Å². The van der Waals surface area contributed by atoms with E-state index in [-0.39, 0.29) is 34.0 Å². The number of sulfone groups is 1. The zero-order valence-corrected chi connectivity index (χ0v) is 24.7. The van der Waals surface area contributed by atoms with Gasteiger partial charge in [0.1, 0.15) is 10.6 Å². The lowest BCUT2D eigenvalue weighted by molar-refractivity contribution is 0.103. The number of aromatic nitrogens is 1. The largest absolute Gasteiger partial charge is 0.598 e. The van der Waals surface area contributed by atoms with Crippen LogP contribution < -0.4 is 10.3 Å². The number of benzene rings is 2. The van der Waals surface area contributed by atoms with Crippen molar-refractivity contribution in [1.82, 2.24) is 9.29 Å². The summed E-state index contributed by atoms with van der Waals surface area (Å²) in [4.78, 5) is 26.4. The number of hydrogen-bond acceptors (Lipinski definition) is 6. The lowest BCUT2D eigenvalue weighted by Crippen LogP contribution is -2.41. The number of halogens is 1. The van der Waals surface area contributed by atoms with E-state index in [2.05, 4.69) is 4.72 Å². The van der Waals surface area contributed by atoms with Crippen molar-refractivity contribution < 1.29 is 22.2 Å². The van der Waals surface area contributed by atoms with Gasteiger partial charge < -0.3 is 9.12 Å². The van der Waals surface area contributed by atoms with E-state index in [1.54, 1.807) is 38.4 Å². The fourth-order valence-electron chi connectivity index (χ4n) is 4.05. The molecule has 2 aromatic carbocycles. The van der Waals surface area contributed by atoms with Crippen molar-refractivity contribution in [3.63, 3.8) is 0 Å². The van der Waals surface area contributed by atoms with Gasteiger partial charge in [0.25, 0.3) is 5.56 Å². The van der Waals surface area contributed by atoms with E-state index in [0.29, 0.717) is 28.7 Å². The topological polar surface area (TPSA) is 108 Å². The summed E-state index contributed by atoms with van der Waals surface area (Å²) in [5, 5.41) is 0. The summed E-state index contributed by atoms with van der Waals surface area (Å²) in [5.41, 5.74) is 2.24. The van der Waals surface area contributed by atoms with E-state index in [1.165, 1.54) is 34.9 Å². The molecule has 0 aliphatic heterocycles. The third kappa shape index (κ3) is 7.45. The predicted octanol–water partition coefficient (Wildman–Crippen LogP) is 4.86. The second-order valence-electron chi connectivity index (χ2n) is 10.4. The Kier molecular flexibility index (Phi) is 9.59. The van der Waals surface area contributed by atoms with Gasteiger partial charge in [-0.05, 0) is 74.2 Å². The fourth-order valence-corrected chi connectivity index (χ4v) is 5.84. The van der Waals surface area contributed by atoms with Gasteiger partial charge >= 0.3 is 0 Å². The zero-order chi connectivity index (χ0) is 29.1. The summed E-state index contributed by atoms with van der Waals surface area (Å²) in [7, 11) is -1.79. The number of carbonyl (C=O) groups is 1. The Morgan fingerprint density at radius 2 is 1.72 bits per heavy atom. The first-order valence-corrected chi connectivity index (χ1v) is 15.7. The molecule has 0 amide bonds. The fraction of sp³-hybridized carbons (Fsp3) is 0.379. The third-order valence-electron chi connectivity index (χ3n) is 6.40. The third-order valence-corrected chi connectivity index (χ3v) is 9.66. The molecular formula is C29H35FN2O5S2. The van der Waals surface area contributed by atoms with Crippen LogP contribution in [-0.4, -0.2) is 33.8 Å². The smallest absolute Gasteiger partial charge is 0.250 e.